The van der Waals surface area contributed by atoms with Gasteiger partial charge in [-0.3, -0.25) is 4.79 Å². The van der Waals surface area contributed by atoms with Gasteiger partial charge in [-0.2, -0.15) is 0 Å². The first-order chi connectivity index (χ1) is 9.71. The summed E-state index contributed by atoms with van der Waals surface area (Å²) in [7, 11) is 1.66. The van der Waals surface area contributed by atoms with Crippen LogP contribution in [0.2, 0.25) is 0 Å². The molecule has 0 aliphatic carbocycles. The summed E-state index contributed by atoms with van der Waals surface area (Å²) in [6, 6.07) is 13.4. The van der Waals surface area contributed by atoms with Crippen molar-refractivity contribution in [3.05, 3.63) is 53.6 Å². The lowest BCUT2D eigenvalue weighted by atomic mass is 9.98. The molecule has 0 unspecified atom stereocenters. The predicted octanol–water partition coefficient (Wildman–Crippen LogP) is 3.77. The van der Waals surface area contributed by atoms with Crippen LogP contribution >= 0.6 is 0 Å². The molecule has 0 heterocycles. The molecule has 0 bridgehead atoms. The number of methoxy groups -OCH3 is 1. The molecule has 20 heavy (non-hydrogen) atoms. The Balaban J connectivity index is 2.57. The van der Waals surface area contributed by atoms with E-state index < -0.39 is 0 Å². The molecular weight excluding hydrogens is 250 g/mol. The van der Waals surface area contributed by atoms with Crippen LogP contribution < -0.4 is 4.74 Å². The summed E-state index contributed by atoms with van der Waals surface area (Å²) in [4.78, 5) is 15.1. The second-order valence-electron chi connectivity index (χ2n) is 4.40. The van der Waals surface area contributed by atoms with E-state index in [4.69, 9.17) is 4.74 Å². The first-order valence-corrected chi connectivity index (χ1v) is 6.48. The van der Waals surface area contributed by atoms with E-state index in [1.807, 2.05) is 36.4 Å². The van der Waals surface area contributed by atoms with E-state index in [1.54, 1.807) is 13.2 Å². The highest BCUT2D eigenvalue weighted by Crippen LogP contribution is 2.33. The van der Waals surface area contributed by atoms with E-state index in [1.165, 1.54) is 0 Å². The molecule has 0 saturated carbocycles. The number of benzene rings is 2. The number of ether oxygens (including phenoxy) is 1. The van der Waals surface area contributed by atoms with Gasteiger partial charge in [0.05, 0.1) is 7.11 Å². The Morgan fingerprint density at radius 2 is 2.00 bits per heavy atom. The second kappa shape index (κ2) is 6.15. The topological polar surface area (TPSA) is 38.7 Å². The zero-order valence-electron chi connectivity index (χ0n) is 11.7. The first-order valence-electron chi connectivity index (χ1n) is 6.48. The normalized spacial score (nSPS) is 10.1. The summed E-state index contributed by atoms with van der Waals surface area (Å²) < 4.78 is 5.53. The van der Waals surface area contributed by atoms with Crippen LogP contribution in [0.5, 0.6) is 5.75 Å². The Bertz CT molecular complexity index is 647. The van der Waals surface area contributed by atoms with Gasteiger partial charge in [0.15, 0.2) is 0 Å². The molecule has 2 rings (SSSR count). The monoisotopic (exact) mass is 267 g/mol. The number of carbonyl (C=O) groups is 1. The van der Waals surface area contributed by atoms with Crippen molar-refractivity contribution in [1.82, 2.24) is 0 Å². The van der Waals surface area contributed by atoms with Gasteiger partial charge >= 0.3 is 0 Å². The van der Waals surface area contributed by atoms with Crippen molar-refractivity contribution in [1.29, 1.82) is 0 Å². The smallest absolute Gasteiger partial charge is 0.276 e. The molecule has 0 saturated heterocycles. The molecule has 0 aromatic heterocycles. The molecule has 0 spiro atoms. The van der Waals surface area contributed by atoms with E-state index in [0.29, 0.717) is 5.56 Å². The summed E-state index contributed by atoms with van der Waals surface area (Å²) in [6.45, 7) is 5.36. The van der Waals surface area contributed by atoms with Crippen LogP contribution in [0.15, 0.2) is 47.5 Å². The quantitative estimate of drug-likeness (QED) is 0.791. The first kappa shape index (κ1) is 14.0. The fourth-order valence-corrected chi connectivity index (χ4v) is 2.24. The fraction of sp³-hybridized carbons (Fsp3) is 0.176. The summed E-state index contributed by atoms with van der Waals surface area (Å²) in [5.41, 5.74) is 3.59. The zero-order chi connectivity index (χ0) is 14.5. The number of hydrogen-bond acceptors (Lipinski definition) is 2. The third kappa shape index (κ3) is 2.62. The van der Waals surface area contributed by atoms with Crippen molar-refractivity contribution >= 4 is 12.6 Å². The summed E-state index contributed by atoms with van der Waals surface area (Å²) in [5.74, 6) is 0.531. The van der Waals surface area contributed by atoms with Crippen LogP contribution in [0.3, 0.4) is 0 Å². The molecule has 102 valence electrons. The van der Waals surface area contributed by atoms with Crippen molar-refractivity contribution in [2.45, 2.75) is 13.3 Å². The molecule has 0 aliphatic heterocycles. The van der Waals surface area contributed by atoms with Gasteiger partial charge in [0.2, 0.25) is 0 Å². The Labute approximate surface area is 118 Å². The van der Waals surface area contributed by atoms with Crippen LogP contribution in [0.25, 0.3) is 11.1 Å². The molecule has 0 aliphatic rings. The minimum absolute atomic E-state index is 0.322. The molecule has 0 atom stereocenters. The van der Waals surface area contributed by atoms with Gasteiger partial charge in [0.25, 0.3) is 5.91 Å². The van der Waals surface area contributed by atoms with Crippen molar-refractivity contribution < 1.29 is 9.53 Å². The zero-order valence-corrected chi connectivity index (χ0v) is 11.7. The number of hydrogen-bond donors (Lipinski definition) is 0. The molecule has 0 radical (unpaired) electrons. The van der Waals surface area contributed by atoms with Crippen LogP contribution in [0.1, 0.15) is 22.8 Å². The maximum atomic E-state index is 11.6. The highest BCUT2D eigenvalue weighted by Gasteiger charge is 2.11. The minimum Gasteiger partial charge on any atom is -0.496 e. The fourth-order valence-electron chi connectivity index (χ4n) is 2.24. The number of nitrogens with zero attached hydrogens (tertiary/aromatic N) is 1. The Kier molecular flexibility index (Phi) is 4.31. The predicted molar refractivity (Wildman–Crippen MR) is 81.7 cm³/mol. The van der Waals surface area contributed by atoms with Crippen LogP contribution in [0, 0.1) is 0 Å². The number of aliphatic imine (C=N–C) groups is 1. The molecule has 0 fully saturated rings. The van der Waals surface area contributed by atoms with Crippen molar-refractivity contribution in [3.8, 4) is 16.9 Å². The average Bonchev–Trinajstić information content (AvgIpc) is 2.53. The molecule has 3 heteroatoms. The lowest BCUT2D eigenvalue weighted by molar-refractivity contribution is 0.100. The molecule has 0 N–H and O–H groups in total. The van der Waals surface area contributed by atoms with Gasteiger partial charge in [-0.05, 0) is 36.4 Å². The van der Waals surface area contributed by atoms with Crippen molar-refractivity contribution in [2.24, 2.45) is 4.99 Å². The van der Waals surface area contributed by atoms with Crippen molar-refractivity contribution in [3.63, 3.8) is 0 Å². The van der Waals surface area contributed by atoms with Crippen molar-refractivity contribution in [2.75, 3.05) is 7.11 Å². The van der Waals surface area contributed by atoms with Crippen LogP contribution in [-0.4, -0.2) is 19.7 Å². The van der Waals surface area contributed by atoms with E-state index >= 15 is 0 Å². The number of aryl methyl sites for hydroxylation is 1. The number of amides is 1. The molecular formula is C17H17NO2. The molecule has 2 aromatic carbocycles. The van der Waals surface area contributed by atoms with E-state index in [-0.39, 0.29) is 5.91 Å². The highest BCUT2D eigenvalue weighted by atomic mass is 16.5. The largest absolute Gasteiger partial charge is 0.496 e. The Morgan fingerprint density at radius 3 is 2.65 bits per heavy atom. The number of carbonyl (C=O) groups excluding carboxylic acids is 1. The maximum absolute atomic E-state index is 11.6. The van der Waals surface area contributed by atoms with E-state index in [2.05, 4.69) is 18.6 Å². The number of para-hydroxylation sites is 1. The van der Waals surface area contributed by atoms with Gasteiger partial charge in [-0.1, -0.05) is 37.3 Å². The maximum Gasteiger partial charge on any atom is 0.276 e. The number of rotatable bonds is 4. The average molecular weight is 267 g/mol. The molecule has 3 nitrogen and oxygen atoms in total. The second-order valence-corrected chi connectivity index (χ2v) is 4.40. The van der Waals surface area contributed by atoms with Gasteiger partial charge in [-0.15, -0.1) is 0 Å². The standard InChI is InChI=1S/C17H17NO2/c1-4-12-7-6-10-15(16(12)20-3)13-8-5-9-14(11-13)17(19)18-2/h5-11H,2,4H2,1,3H3. The highest BCUT2D eigenvalue weighted by molar-refractivity contribution is 5.98. The van der Waals surface area contributed by atoms with Gasteiger partial charge in [0, 0.05) is 11.1 Å². The summed E-state index contributed by atoms with van der Waals surface area (Å²) in [6.07, 6.45) is 0.893. The van der Waals surface area contributed by atoms with Crippen LogP contribution in [0.4, 0.5) is 0 Å². The van der Waals surface area contributed by atoms with E-state index in [9.17, 15) is 4.79 Å². The summed E-state index contributed by atoms with van der Waals surface area (Å²) >= 11 is 0. The third-order valence-electron chi connectivity index (χ3n) is 3.25. The van der Waals surface area contributed by atoms with Crippen LogP contribution in [-0.2, 0) is 6.42 Å². The molecule has 2 aromatic rings. The minimum atomic E-state index is -0.322. The van der Waals surface area contributed by atoms with Gasteiger partial charge < -0.3 is 4.74 Å². The summed E-state index contributed by atoms with van der Waals surface area (Å²) in [5, 5.41) is 0. The third-order valence-corrected chi connectivity index (χ3v) is 3.25. The SMILES string of the molecule is C=NC(=O)c1cccc(-c2cccc(CC)c2OC)c1. The van der Waals surface area contributed by atoms with Gasteiger partial charge in [0.1, 0.15) is 5.75 Å². The Morgan fingerprint density at radius 1 is 1.25 bits per heavy atom. The Hall–Kier alpha value is -2.42. The lowest BCUT2D eigenvalue weighted by Crippen LogP contribution is -1.96. The van der Waals surface area contributed by atoms with E-state index in [0.717, 1.165) is 28.9 Å². The lowest BCUT2D eigenvalue weighted by Gasteiger charge is -2.13. The van der Waals surface area contributed by atoms with Gasteiger partial charge in [-0.25, -0.2) is 4.99 Å². The molecule has 1 amide bonds.